The number of hydrogen-bond acceptors (Lipinski definition) is 10. The lowest BCUT2D eigenvalue weighted by atomic mass is 10.0. The van der Waals surface area contributed by atoms with Gasteiger partial charge in [-0.15, -0.1) is 0 Å². The van der Waals surface area contributed by atoms with Crippen molar-refractivity contribution < 1.29 is 33.4 Å². The minimum Gasteiger partial charge on any atom is -0.497 e. The third kappa shape index (κ3) is 10.2. The van der Waals surface area contributed by atoms with Gasteiger partial charge in [-0.25, -0.2) is 9.59 Å². The number of nitrogens with zero attached hydrogens (tertiary/aromatic N) is 6. The molecule has 0 bridgehead atoms. The number of hydrogen-bond donors (Lipinski definition) is 1. The van der Waals surface area contributed by atoms with E-state index in [9.17, 15) is 19.2 Å². The number of carbonyl (C=O) groups excluding carboxylic acids is 4. The Morgan fingerprint density at radius 3 is 1.98 bits per heavy atom. The zero-order chi connectivity index (χ0) is 38.5. The number of ether oxygens (including phenoxy) is 3. The van der Waals surface area contributed by atoms with Gasteiger partial charge in [0, 0.05) is 69.9 Å². The molecule has 4 heterocycles. The van der Waals surface area contributed by atoms with Crippen LogP contribution in [0.5, 0.6) is 5.75 Å². The molecule has 2 aromatic carbocycles. The van der Waals surface area contributed by atoms with E-state index in [1.807, 2.05) is 84.9 Å². The summed E-state index contributed by atoms with van der Waals surface area (Å²) in [6, 6.07) is 13.0. The lowest BCUT2D eigenvalue weighted by Crippen LogP contribution is -2.50. The number of rotatable bonds is 5. The summed E-state index contributed by atoms with van der Waals surface area (Å²) in [6.45, 7) is 19.2. The number of imide groups is 1. The van der Waals surface area contributed by atoms with Gasteiger partial charge in [0.2, 0.25) is 5.91 Å². The van der Waals surface area contributed by atoms with Crippen LogP contribution in [0.1, 0.15) is 71.7 Å². The summed E-state index contributed by atoms with van der Waals surface area (Å²) >= 11 is 0. The maximum atomic E-state index is 13.6. The van der Waals surface area contributed by atoms with Crippen molar-refractivity contribution in [3.05, 3.63) is 53.7 Å². The van der Waals surface area contributed by atoms with Gasteiger partial charge in [0.05, 0.1) is 24.9 Å². The quantitative estimate of drug-likeness (QED) is 0.352. The van der Waals surface area contributed by atoms with Crippen LogP contribution in [-0.2, 0) is 25.6 Å². The molecule has 0 aliphatic carbocycles. The van der Waals surface area contributed by atoms with E-state index in [1.165, 1.54) is 4.90 Å². The number of aryl methyl sites for hydroxylation is 1. The van der Waals surface area contributed by atoms with Gasteiger partial charge in [0.1, 0.15) is 23.0 Å². The Balaban J connectivity index is 0.000000352. The van der Waals surface area contributed by atoms with Crippen LogP contribution in [0.4, 0.5) is 15.3 Å². The second-order valence-electron chi connectivity index (χ2n) is 15.6. The Labute approximate surface area is 312 Å². The van der Waals surface area contributed by atoms with E-state index in [2.05, 4.69) is 16.3 Å². The lowest BCUT2D eigenvalue weighted by Gasteiger charge is -2.36. The Bertz CT molecular complexity index is 1760. The molecule has 6 rings (SSSR count). The van der Waals surface area contributed by atoms with Gasteiger partial charge in [-0.1, -0.05) is 12.1 Å². The van der Waals surface area contributed by atoms with Crippen LogP contribution >= 0.6 is 0 Å². The minimum absolute atomic E-state index is 0.168. The standard InChI is InChI=1S/C30H37N5O5.C9H18N2O2/c1-20-24-18-22(32-14-16-33(17-15-32)29(38)40-30(2,3)4)8-11-25(24)35(31-20)26-12-13-27(36)34(28(26)37)19-21-6-9-23(39-5)10-7-21;1-9(2,3)13-8(12)11-6-4-10-5-7-11/h6-11,18,26H,12-17,19H2,1-5H3;10H,4-7H2,1-3H3. The fraction of sp³-hybridized carbons (Fsp3) is 0.564. The first kappa shape index (κ1) is 39.4. The zero-order valence-corrected chi connectivity index (χ0v) is 32.4. The summed E-state index contributed by atoms with van der Waals surface area (Å²) in [5.41, 5.74) is 2.70. The van der Waals surface area contributed by atoms with Crippen LogP contribution in [0.3, 0.4) is 0 Å². The number of likely N-dealkylation sites (tertiary alicyclic amines) is 1. The second-order valence-corrected chi connectivity index (χ2v) is 15.6. The number of nitrogens with one attached hydrogen (secondary N) is 1. The number of amides is 4. The first-order valence-electron chi connectivity index (χ1n) is 18.4. The summed E-state index contributed by atoms with van der Waals surface area (Å²) in [4.78, 5) is 57.3. The summed E-state index contributed by atoms with van der Waals surface area (Å²) in [7, 11) is 1.60. The van der Waals surface area contributed by atoms with E-state index < -0.39 is 11.6 Å². The number of aromatic nitrogens is 2. The molecule has 288 valence electrons. The maximum absolute atomic E-state index is 13.6. The van der Waals surface area contributed by atoms with Gasteiger partial charge < -0.3 is 34.2 Å². The number of carbonyl (C=O) groups is 4. The molecule has 14 heteroatoms. The summed E-state index contributed by atoms with van der Waals surface area (Å²) < 4.78 is 17.8. The molecule has 3 aromatic rings. The Morgan fingerprint density at radius 2 is 1.42 bits per heavy atom. The normalized spacial score (nSPS) is 18.5. The van der Waals surface area contributed by atoms with E-state index in [-0.39, 0.29) is 42.6 Å². The summed E-state index contributed by atoms with van der Waals surface area (Å²) in [5.74, 6) is 0.317. The predicted molar refractivity (Wildman–Crippen MR) is 202 cm³/mol. The second kappa shape index (κ2) is 16.4. The molecule has 3 aliphatic rings. The summed E-state index contributed by atoms with van der Waals surface area (Å²) in [5, 5.41) is 8.92. The number of anilines is 1. The zero-order valence-electron chi connectivity index (χ0n) is 32.4. The van der Waals surface area contributed by atoms with Gasteiger partial charge in [0.25, 0.3) is 5.91 Å². The first-order valence-corrected chi connectivity index (χ1v) is 18.4. The summed E-state index contributed by atoms with van der Waals surface area (Å²) in [6.07, 6.45) is 0.222. The van der Waals surface area contributed by atoms with Crippen molar-refractivity contribution in [1.82, 2.24) is 29.8 Å². The van der Waals surface area contributed by atoms with Crippen molar-refractivity contribution in [2.24, 2.45) is 0 Å². The van der Waals surface area contributed by atoms with Crippen molar-refractivity contribution in [3.63, 3.8) is 0 Å². The van der Waals surface area contributed by atoms with Crippen LogP contribution in [0.15, 0.2) is 42.5 Å². The van der Waals surface area contributed by atoms with Gasteiger partial charge in [0.15, 0.2) is 0 Å². The fourth-order valence-electron chi connectivity index (χ4n) is 6.49. The van der Waals surface area contributed by atoms with Crippen LogP contribution in [-0.4, -0.2) is 119 Å². The van der Waals surface area contributed by atoms with Gasteiger partial charge in [-0.05, 0) is 90.8 Å². The van der Waals surface area contributed by atoms with Crippen LogP contribution < -0.4 is 15.0 Å². The number of piperidine rings is 1. The minimum atomic E-state index is -0.546. The van der Waals surface area contributed by atoms with Gasteiger partial charge in [-0.2, -0.15) is 5.10 Å². The molecule has 0 saturated carbocycles. The smallest absolute Gasteiger partial charge is 0.410 e. The van der Waals surface area contributed by atoms with Crippen molar-refractivity contribution in [3.8, 4) is 5.75 Å². The van der Waals surface area contributed by atoms with E-state index in [1.54, 1.807) is 21.6 Å². The number of piperazine rings is 2. The lowest BCUT2D eigenvalue weighted by molar-refractivity contribution is -0.152. The molecule has 0 radical (unpaired) electrons. The molecule has 3 aliphatic heterocycles. The molecule has 0 spiro atoms. The van der Waals surface area contributed by atoms with E-state index >= 15 is 0 Å². The highest BCUT2D eigenvalue weighted by Crippen LogP contribution is 2.32. The molecule has 1 aromatic heterocycles. The van der Waals surface area contributed by atoms with Crippen LogP contribution in [0, 0.1) is 6.92 Å². The molecule has 1 unspecified atom stereocenters. The average Bonchev–Trinajstić information content (AvgIpc) is 3.44. The largest absolute Gasteiger partial charge is 0.497 e. The van der Waals surface area contributed by atoms with Crippen molar-refractivity contribution >= 4 is 40.6 Å². The number of benzene rings is 2. The molecule has 1 N–H and O–H groups in total. The number of methoxy groups -OCH3 is 1. The van der Waals surface area contributed by atoms with Crippen molar-refractivity contribution in [2.75, 3.05) is 64.4 Å². The highest BCUT2D eigenvalue weighted by Gasteiger charge is 2.37. The van der Waals surface area contributed by atoms with E-state index in [0.29, 0.717) is 32.6 Å². The highest BCUT2D eigenvalue weighted by atomic mass is 16.6. The van der Waals surface area contributed by atoms with Crippen molar-refractivity contribution in [2.45, 2.75) is 85.1 Å². The molecule has 1 atom stereocenters. The molecule has 3 fully saturated rings. The highest BCUT2D eigenvalue weighted by molar-refractivity contribution is 6.00. The SMILES string of the molecule is CC(C)(C)OC(=O)N1CCNCC1.COc1ccc(CN2C(=O)CCC(n3nc(C)c4cc(N5CCN(C(=O)OC(C)(C)C)CC5)ccc43)C2=O)cc1. The fourth-order valence-corrected chi connectivity index (χ4v) is 6.49. The van der Waals surface area contributed by atoms with Gasteiger partial charge in [-0.3, -0.25) is 19.2 Å². The Morgan fingerprint density at radius 1 is 0.830 bits per heavy atom. The Kier molecular flexibility index (Phi) is 12.2. The molecular formula is C39H55N7O7. The topological polar surface area (TPSA) is 139 Å². The predicted octanol–water partition coefficient (Wildman–Crippen LogP) is 5.13. The molecular weight excluding hydrogens is 678 g/mol. The number of fused-ring (bicyclic) bond motifs is 1. The monoisotopic (exact) mass is 733 g/mol. The maximum Gasteiger partial charge on any atom is 0.410 e. The molecule has 53 heavy (non-hydrogen) atoms. The molecule has 3 saturated heterocycles. The molecule has 14 nitrogen and oxygen atoms in total. The first-order chi connectivity index (χ1) is 25.0. The van der Waals surface area contributed by atoms with Crippen LogP contribution in [0.25, 0.3) is 10.9 Å². The van der Waals surface area contributed by atoms with Crippen molar-refractivity contribution in [1.29, 1.82) is 0 Å². The average molecular weight is 734 g/mol. The third-order valence-corrected chi connectivity index (χ3v) is 9.22. The molecule has 4 amide bonds. The Hall–Kier alpha value is -4.85. The van der Waals surface area contributed by atoms with Gasteiger partial charge >= 0.3 is 12.2 Å². The van der Waals surface area contributed by atoms with Crippen LogP contribution in [0.2, 0.25) is 0 Å². The third-order valence-electron chi connectivity index (χ3n) is 9.22. The van der Waals surface area contributed by atoms with E-state index in [4.69, 9.17) is 19.3 Å². The van der Waals surface area contributed by atoms with E-state index in [0.717, 1.165) is 59.8 Å².